The summed E-state index contributed by atoms with van der Waals surface area (Å²) in [5.74, 6) is 1.62. The third-order valence-corrected chi connectivity index (χ3v) is 4.14. The van der Waals surface area contributed by atoms with Crippen LogP contribution in [0.2, 0.25) is 0 Å². The molecule has 1 N–H and O–H groups in total. The molecule has 4 heteroatoms. The van der Waals surface area contributed by atoms with E-state index in [0.29, 0.717) is 0 Å². The molecule has 0 saturated heterocycles. The summed E-state index contributed by atoms with van der Waals surface area (Å²) >= 11 is 1.80. The average molecular weight is 314 g/mol. The summed E-state index contributed by atoms with van der Waals surface area (Å²) in [5.41, 5.74) is 3.21. The topological polar surface area (TPSA) is 46.5 Å². The molecule has 2 aromatic carbocycles. The Balaban J connectivity index is 2.04. The van der Waals surface area contributed by atoms with Gasteiger partial charge in [0, 0.05) is 23.1 Å². The number of thioether (sulfide) groups is 1. The number of methoxy groups -OCH3 is 1. The van der Waals surface area contributed by atoms with Gasteiger partial charge >= 0.3 is 5.97 Å². The lowest BCUT2D eigenvalue weighted by Crippen LogP contribution is -1.92. The van der Waals surface area contributed by atoms with Crippen LogP contribution in [-0.4, -0.2) is 18.2 Å². The van der Waals surface area contributed by atoms with E-state index >= 15 is 0 Å². The molecule has 3 nitrogen and oxygen atoms in total. The minimum absolute atomic E-state index is 0.812. The Hall–Kier alpha value is -2.20. The molecule has 2 aromatic rings. The lowest BCUT2D eigenvalue weighted by atomic mass is 10.1. The lowest BCUT2D eigenvalue weighted by Gasteiger charge is -2.09. The number of carboxylic acid groups (broad SMARTS) is 1. The van der Waals surface area contributed by atoms with Gasteiger partial charge in [-0.3, -0.25) is 0 Å². The molecule has 114 valence electrons. The fourth-order valence-corrected chi connectivity index (χ4v) is 3.01. The zero-order chi connectivity index (χ0) is 15.8. The number of carboxylic acids is 1. The highest BCUT2D eigenvalue weighted by atomic mass is 32.2. The van der Waals surface area contributed by atoms with E-state index in [1.54, 1.807) is 24.9 Å². The summed E-state index contributed by atoms with van der Waals surface area (Å²) in [6.45, 7) is 0. The maximum Gasteiger partial charge on any atom is 0.328 e. The predicted molar refractivity (Wildman–Crippen MR) is 91.1 cm³/mol. The second kappa shape index (κ2) is 8.29. The number of hydrogen-bond acceptors (Lipinski definition) is 3. The minimum atomic E-state index is -0.948. The standard InChI is InChI=1S/C18H18O3S/c1-21-17-9-7-14(8-10-18(19)20)11-16(17)13-22-12-15-5-3-2-4-6-15/h2-11H,12-13H2,1H3,(H,19,20)/b10-8+. The fraction of sp³-hybridized carbons (Fsp3) is 0.167. The van der Waals surface area contributed by atoms with Gasteiger partial charge in [-0.05, 0) is 29.3 Å². The molecule has 0 atom stereocenters. The highest BCUT2D eigenvalue weighted by molar-refractivity contribution is 7.97. The first-order valence-corrected chi connectivity index (χ1v) is 8.04. The summed E-state index contributed by atoms with van der Waals surface area (Å²) in [4.78, 5) is 10.6. The SMILES string of the molecule is COc1ccc(/C=C/C(=O)O)cc1CSCc1ccccc1. The molecular weight excluding hydrogens is 296 g/mol. The van der Waals surface area contributed by atoms with Gasteiger partial charge in [-0.1, -0.05) is 36.4 Å². The Morgan fingerprint density at radius 2 is 1.95 bits per heavy atom. The van der Waals surface area contributed by atoms with Crippen LogP contribution in [-0.2, 0) is 16.3 Å². The summed E-state index contributed by atoms with van der Waals surface area (Å²) in [6.07, 6.45) is 2.73. The van der Waals surface area contributed by atoms with E-state index in [9.17, 15) is 4.79 Å². The molecule has 0 unspecified atom stereocenters. The Kier molecular flexibility index (Phi) is 6.10. The molecule has 0 radical (unpaired) electrons. The van der Waals surface area contributed by atoms with Gasteiger partial charge in [0.15, 0.2) is 0 Å². The predicted octanol–water partition coefficient (Wildman–Crippen LogP) is 4.23. The van der Waals surface area contributed by atoms with Gasteiger partial charge in [-0.2, -0.15) is 11.8 Å². The van der Waals surface area contributed by atoms with E-state index in [-0.39, 0.29) is 0 Å². The van der Waals surface area contributed by atoms with Crippen molar-refractivity contribution in [2.45, 2.75) is 11.5 Å². The Morgan fingerprint density at radius 3 is 2.64 bits per heavy atom. The van der Waals surface area contributed by atoms with Gasteiger partial charge in [0.1, 0.15) is 5.75 Å². The molecule has 0 saturated carbocycles. The third-order valence-electron chi connectivity index (χ3n) is 3.09. The summed E-state index contributed by atoms with van der Waals surface area (Å²) in [6, 6.07) is 16.0. The Labute approximate surface area is 134 Å². The van der Waals surface area contributed by atoms with Gasteiger partial charge in [-0.15, -0.1) is 0 Å². The van der Waals surface area contributed by atoms with Crippen molar-refractivity contribution in [2.75, 3.05) is 7.11 Å². The van der Waals surface area contributed by atoms with Gasteiger partial charge in [0.05, 0.1) is 7.11 Å². The van der Waals surface area contributed by atoms with Crippen LogP contribution in [0.3, 0.4) is 0 Å². The molecule has 22 heavy (non-hydrogen) atoms. The monoisotopic (exact) mass is 314 g/mol. The largest absolute Gasteiger partial charge is 0.496 e. The fourth-order valence-electron chi connectivity index (χ4n) is 2.04. The maximum absolute atomic E-state index is 10.6. The van der Waals surface area contributed by atoms with E-state index in [2.05, 4.69) is 12.1 Å². The van der Waals surface area contributed by atoms with Gasteiger partial charge < -0.3 is 9.84 Å². The first-order valence-electron chi connectivity index (χ1n) is 6.88. The smallest absolute Gasteiger partial charge is 0.328 e. The number of ether oxygens (including phenoxy) is 1. The zero-order valence-corrected chi connectivity index (χ0v) is 13.2. The first kappa shape index (κ1) is 16.2. The van der Waals surface area contributed by atoms with Crippen LogP contribution in [0, 0.1) is 0 Å². The molecular formula is C18H18O3S. The van der Waals surface area contributed by atoms with Crippen LogP contribution in [0.4, 0.5) is 0 Å². The van der Waals surface area contributed by atoms with Crippen molar-refractivity contribution in [1.82, 2.24) is 0 Å². The average Bonchev–Trinajstić information content (AvgIpc) is 2.54. The quantitative estimate of drug-likeness (QED) is 0.777. The van der Waals surface area contributed by atoms with Crippen LogP contribution in [0.5, 0.6) is 5.75 Å². The van der Waals surface area contributed by atoms with E-state index in [1.807, 2.05) is 36.4 Å². The highest BCUT2D eigenvalue weighted by Gasteiger charge is 2.04. The van der Waals surface area contributed by atoms with E-state index < -0.39 is 5.97 Å². The third kappa shape index (κ3) is 4.97. The van der Waals surface area contributed by atoms with Crippen molar-refractivity contribution >= 4 is 23.8 Å². The minimum Gasteiger partial charge on any atom is -0.496 e. The van der Waals surface area contributed by atoms with Gasteiger partial charge in [0.2, 0.25) is 0 Å². The second-order valence-corrected chi connectivity index (χ2v) is 5.71. The molecule has 0 amide bonds. The number of carbonyl (C=O) groups is 1. The molecule has 2 rings (SSSR count). The van der Waals surface area contributed by atoms with E-state index in [4.69, 9.17) is 9.84 Å². The number of aliphatic carboxylic acids is 1. The number of hydrogen-bond donors (Lipinski definition) is 1. The number of rotatable bonds is 7. The van der Waals surface area contributed by atoms with Crippen LogP contribution >= 0.6 is 11.8 Å². The Morgan fingerprint density at radius 1 is 1.18 bits per heavy atom. The van der Waals surface area contributed by atoms with Crippen molar-refractivity contribution in [2.24, 2.45) is 0 Å². The van der Waals surface area contributed by atoms with Crippen molar-refractivity contribution in [3.8, 4) is 5.75 Å². The van der Waals surface area contributed by atoms with Crippen molar-refractivity contribution in [3.63, 3.8) is 0 Å². The normalized spacial score (nSPS) is 10.8. The Bertz CT molecular complexity index is 651. The van der Waals surface area contributed by atoms with Crippen molar-refractivity contribution in [1.29, 1.82) is 0 Å². The molecule has 0 fully saturated rings. The zero-order valence-electron chi connectivity index (χ0n) is 12.4. The van der Waals surface area contributed by atoms with E-state index in [0.717, 1.165) is 34.5 Å². The van der Waals surface area contributed by atoms with Gasteiger partial charge in [-0.25, -0.2) is 4.79 Å². The summed E-state index contributed by atoms with van der Waals surface area (Å²) in [5, 5.41) is 8.70. The van der Waals surface area contributed by atoms with Crippen LogP contribution in [0.15, 0.2) is 54.6 Å². The summed E-state index contributed by atoms with van der Waals surface area (Å²) < 4.78 is 5.37. The highest BCUT2D eigenvalue weighted by Crippen LogP contribution is 2.26. The molecule has 0 aliphatic carbocycles. The molecule has 0 aromatic heterocycles. The second-order valence-electron chi connectivity index (χ2n) is 4.72. The molecule has 0 aliphatic rings. The lowest BCUT2D eigenvalue weighted by molar-refractivity contribution is -0.131. The molecule has 0 bridgehead atoms. The first-order chi connectivity index (χ1) is 10.7. The van der Waals surface area contributed by atoms with Crippen molar-refractivity contribution < 1.29 is 14.6 Å². The maximum atomic E-state index is 10.6. The molecule has 0 aliphatic heterocycles. The number of benzene rings is 2. The van der Waals surface area contributed by atoms with Crippen molar-refractivity contribution in [3.05, 3.63) is 71.3 Å². The van der Waals surface area contributed by atoms with E-state index in [1.165, 1.54) is 5.56 Å². The molecule has 0 heterocycles. The summed E-state index contributed by atoms with van der Waals surface area (Å²) in [7, 11) is 1.65. The van der Waals surface area contributed by atoms with Crippen LogP contribution in [0.1, 0.15) is 16.7 Å². The van der Waals surface area contributed by atoms with Crippen LogP contribution < -0.4 is 4.74 Å². The van der Waals surface area contributed by atoms with Gasteiger partial charge in [0.25, 0.3) is 0 Å². The molecule has 0 spiro atoms. The van der Waals surface area contributed by atoms with Crippen LogP contribution in [0.25, 0.3) is 6.08 Å².